The number of nitrogens with one attached hydrogen (secondary N) is 1. The quantitative estimate of drug-likeness (QED) is 0.670. The molecular weight excluding hydrogens is 403 g/mol. The SMILES string of the molecule is Cc1noc(CNC(=O)C2CCN(C(=O)c3cc(-c4ccc(F)cc4)nn3C)CC2)n1. The zero-order valence-electron chi connectivity index (χ0n) is 17.3. The predicted molar refractivity (Wildman–Crippen MR) is 108 cm³/mol. The molecule has 10 heteroatoms. The minimum Gasteiger partial charge on any atom is -0.347 e. The van der Waals surface area contributed by atoms with E-state index in [0.29, 0.717) is 49.0 Å². The summed E-state index contributed by atoms with van der Waals surface area (Å²) in [7, 11) is 1.71. The lowest BCUT2D eigenvalue weighted by molar-refractivity contribution is -0.126. The van der Waals surface area contributed by atoms with Gasteiger partial charge in [0.15, 0.2) is 5.82 Å². The third kappa shape index (κ3) is 4.62. The number of nitrogens with zero attached hydrogens (tertiary/aromatic N) is 5. The van der Waals surface area contributed by atoms with E-state index in [1.165, 1.54) is 16.8 Å². The number of amides is 2. The molecule has 162 valence electrons. The molecule has 9 nitrogen and oxygen atoms in total. The number of benzene rings is 1. The van der Waals surface area contributed by atoms with Crippen molar-refractivity contribution in [3.05, 3.63) is 53.6 Å². The van der Waals surface area contributed by atoms with E-state index in [4.69, 9.17) is 4.52 Å². The van der Waals surface area contributed by atoms with Crippen molar-refractivity contribution in [3.63, 3.8) is 0 Å². The van der Waals surface area contributed by atoms with Gasteiger partial charge in [0, 0.05) is 31.6 Å². The van der Waals surface area contributed by atoms with Crippen LogP contribution in [0.15, 0.2) is 34.9 Å². The molecule has 0 saturated carbocycles. The van der Waals surface area contributed by atoms with Gasteiger partial charge in [-0.1, -0.05) is 5.16 Å². The molecule has 3 heterocycles. The Morgan fingerprint density at radius 1 is 1.23 bits per heavy atom. The fourth-order valence-corrected chi connectivity index (χ4v) is 3.65. The molecule has 0 aliphatic carbocycles. The van der Waals surface area contributed by atoms with E-state index in [-0.39, 0.29) is 30.1 Å². The molecule has 0 bridgehead atoms. The highest BCUT2D eigenvalue weighted by atomic mass is 19.1. The monoisotopic (exact) mass is 426 g/mol. The van der Waals surface area contributed by atoms with Crippen molar-refractivity contribution < 1.29 is 18.5 Å². The van der Waals surface area contributed by atoms with Crippen LogP contribution in [0.4, 0.5) is 4.39 Å². The number of likely N-dealkylation sites (tertiary alicyclic amines) is 1. The molecule has 31 heavy (non-hydrogen) atoms. The summed E-state index contributed by atoms with van der Waals surface area (Å²) in [5.41, 5.74) is 1.80. The van der Waals surface area contributed by atoms with Crippen LogP contribution in [0.2, 0.25) is 0 Å². The summed E-state index contributed by atoms with van der Waals surface area (Å²) < 4.78 is 19.7. The minimum absolute atomic E-state index is 0.0814. The number of rotatable bonds is 5. The van der Waals surface area contributed by atoms with Crippen LogP contribution in [0, 0.1) is 18.7 Å². The summed E-state index contributed by atoms with van der Waals surface area (Å²) in [5.74, 6) is 0.176. The maximum atomic E-state index is 13.2. The van der Waals surface area contributed by atoms with Crippen molar-refractivity contribution in [1.29, 1.82) is 0 Å². The van der Waals surface area contributed by atoms with Crippen molar-refractivity contribution in [1.82, 2.24) is 30.1 Å². The van der Waals surface area contributed by atoms with Gasteiger partial charge in [-0.25, -0.2) is 4.39 Å². The lowest BCUT2D eigenvalue weighted by atomic mass is 9.95. The highest BCUT2D eigenvalue weighted by Crippen LogP contribution is 2.23. The predicted octanol–water partition coefficient (Wildman–Crippen LogP) is 2.09. The Morgan fingerprint density at radius 2 is 1.94 bits per heavy atom. The van der Waals surface area contributed by atoms with Gasteiger partial charge >= 0.3 is 0 Å². The van der Waals surface area contributed by atoms with Crippen molar-refractivity contribution in [2.24, 2.45) is 13.0 Å². The van der Waals surface area contributed by atoms with Gasteiger partial charge in [0.05, 0.1) is 12.2 Å². The van der Waals surface area contributed by atoms with Gasteiger partial charge in [0.2, 0.25) is 11.8 Å². The average molecular weight is 426 g/mol. The fourth-order valence-electron chi connectivity index (χ4n) is 3.65. The average Bonchev–Trinajstić information content (AvgIpc) is 3.37. The minimum atomic E-state index is -0.324. The second-order valence-electron chi connectivity index (χ2n) is 7.56. The molecule has 2 aromatic heterocycles. The van der Waals surface area contributed by atoms with Crippen LogP contribution in [-0.4, -0.2) is 49.7 Å². The molecule has 1 fully saturated rings. The molecule has 0 unspecified atom stereocenters. The molecule has 1 aliphatic rings. The maximum absolute atomic E-state index is 13.2. The molecule has 2 amide bonds. The number of hydrogen-bond donors (Lipinski definition) is 1. The first-order chi connectivity index (χ1) is 14.9. The molecule has 0 spiro atoms. The summed E-state index contributed by atoms with van der Waals surface area (Å²) in [6, 6.07) is 7.69. The van der Waals surface area contributed by atoms with Crippen LogP contribution in [-0.2, 0) is 18.4 Å². The van der Waals surface area contributed by atoms with Crippen LogP contribution in [0.3, 0.4) is 0 Å². The first-order valence-electron chi connectivity index (χ1n) is 10.1. The lowest BCUT2D eigenvalue weighted by Gasteiger charge is -2.31. The maximum Gasteiger partial charge on any atom is 0.272 e. The largest absolute Gasteiger partial charge is 0.347 e. The third-order valence-corrected chi connectivity index (χ3v) is 5.38. The number of halogens is 1. The Morgan fingerprint density at radius 3 is 2.58 bits per heavy atom. The topological polar surface area (TPSA) is 106 Å². The Hall–Kier alpha value is -3.56. The van der Waals surface area contributed by atoms with E-state index in [0.717, 1.165) is 5.56 Å². The van der Waals surface area contributed by atoms with Crippen molar-refractivity contribution in [3.8, 4) is 11.3 Å². The Labute approximate surface area is 178 Å². The summed E-state index contributed by atoms with van der Waals surface area (Å²) in [5, 5.41) is 10.9. The summed E-state index contributed by atoms with van der Waals surface area (Å²) in [6.45, 7) is 2.87. The number of aryl methyl sites for hydroxylation is 2. The van der Waals surface area contributed by atoms with Gasteiger partial charge in [0.1, 0.15) is 11.5 Å². The smallest absolute Gasteiger partial charge is 0.272 e. The first-order valence-corrected chi connectivity index (χ1v) is 10.1. The number of aromatic nitrogens is 4. The van der Waals surface area contributed by atoms with Crippen LogP contribution in [0.5, 0.6) is 0 Å². The van der Waals surface area contributed by atoms with Crippen molar-refractivity contribution in [2.75, 3.05) is 13.1 Å². The second-order valence-corrected chi connectivity index (χ2v) is 7.56. The van der Waals surface area contributed by atoms with E-state index >= 15 is 0 Å². The Kier molecular flexibility index (Phi) is 5.79. The number of piperidine rings is 1. The molecule has 0 atom stereocenters. The highest BCUT2D eigenvalue weighted by molar-refractivity contribution is 5.94. The van der Waals surface area contributed by atoms with Crippen LogP contribution >= 0.6 is 0 Å². The molecule has 4 rings (SSSR count). The molecule has 3 aromatic rings. The zero-order chi connectivity index (χ0) is 22.0. The summed E-state index contributed by atoms with van der Waals surface area (Å²) in [6.07, 6.45) is 1.15. The van der Waals surface area contributed by atoms with E-state index in [9.17, 15) is 14.0 Å². The first kappa shape index (κ1) is 20.7. The van der Waals surface area contributed by atoms with Crippen molar-refractivity contribution >= 4 is 11.8 Å². The van der Waals surface area contributed by atoms with E-state index in [1.807, 2.05) is 0 Å². The van der Waals surface area contributed by atoms with Crippen LogP contribution in [0.1, 0.15) is 35.0 Å². The number of carbonyl (C=O) groups excluding carboxylic acids is 2. The standard InChI is InChI=1S/C21H23FN6O3/c1-13-24-19(31-26-13)12-23-20(29)15-7-9-28(10-8-15)21(30)18-11-17(25-27(18)2)14-3-5-16(22)6-4-14/h3-6,11,15H,7-10,12H2,1-2H3,(H,23,29). The van der Waals surface area contributed by atoms with E-state index < -0.39 is 0 Å². The normalized spacial score (nSPS) is 14.6. The summed E-state index contributed by atoms with van der Waals surface area (Å²) >= 11 is 0. The molecular formula is C21H23FN6O3. The van der Waals surface area contributed by atoms with Crippen LogP contribution in [0.25, 0.3) is 11.3 Å². The molecule has 1 N–H and O–H groups in total. The molecule has 1 aromatic carbocycles. The van der Waals surface area contributed by atoms with Gasteiger partial charge < -0.3 is 14.7 Å². The van der Waals surface area contributed by atoms with E-state index in [2.05, 4.69) is 20.6 Å². The number of hydrogen-bond acceptors (Lipinski definition) is 6. The van der Waals surface area contributed by atoms with Gasteiger partial charge in [0.25, 0.3) is 5.91 Å². The van der Waals surface area contributed by atoms with Gasteiger partial charge in [-0.15, -0.1) is 0 Å². The van der Waals surface area contributed by atoms with E-state index in [1.54, 1.807) is 37.1 Å². The van der Waals surface area contributed by atoms with Gasteiger partial charge in [-0.05, 0) is 50.1 Å². The van der Waals surface area contributed by atoms with Gasteiger partial charge in [-0.2, -0.15) is 10.1 Å². The second kappa shape index (κ2) is 8.66. The third-order valence-electron chi connectivity index (χ3n) is 5.38. The Balaban J connectivity index is 1.34. The number of carbonyl (C=O) groups is 2. The molecule has 1 saturated heterocycles. The molecule has 1 aliphatic heterocycles. The molecule has 0 radical (unpaired) electrons. The lowest BCUT2D eigenvalue weighted by Crippen LogP contribution is -2.43. The highest BCUT2D eigenvalue weighted by Gasteiger charge is 2.29. The zero-order valence-corrected chi connectivity index (χ0v) is 17.3. The van der Waals surface area contributed by atoms with Crippen LogP contribution < -0.4 is 5.32 Å². The van der Waals surface area contributed by atoms with Gasteiger partial charge in [-0.3, -0.25) is 14.3 Å². The Bertz CT molecular complexity index is 1080. The summed E-state index contributed by atoms with van der Waals surface area (Å²) in [4.78, 5) is 31.2. The van der Waals surface area contributed by atoms with Crippen molar-refractivity contribution in [2.45, 2.75) is 26.3 Å². The fraction of sp³-hybridized carbons (Fsp3) is 0.381.